The zero-order valence-corrected chi connectivity index (χ0v) is 38.6. The van der Waals surface area contributed by atoms with Gasteiger partial charge >= 0.3 is 0 Å². The Morgan fingerprint density at radius 1 is 0.517 bits per heavy atom. The molecule has 60 heavy (non-hydrogen) atoms. The summed E-state index contributed by atoms with van der Waals surface area (Å²) in [5.41, 5.74) is 15.5. The Morgan fingerprint density at radius 3 is 1.57 bits per heavy atom. The van der Waals surface area contributed by atoms with E-state index in [0.717, 1.165) is 11.4 Å². The number of thiophene rings is 2. The smallest absolute Gasteiger partial charge is 0.272 e. The SMILES string of the molecule is CC(C)(C)c1ccc(N2c3cc(N(c4ccccc4)c4ccccc4)cc4c3B(c3sc5ccc(C(C)(C)C)cc5c32)c2sc3ccc(C(C)(C)C)cc3c2C4(C)C)cc1. The van der Waals surface area contributed by atoms with Gasteiger partial charge in [0.05, 0.1) is 5.69 Å². The Morgan fingerprint density at radius 2 is 1.02 bits per heavy atom. The third-order valence-corrected chi connectivity index (χ3v) is 15.6. The third kappa shape index (κ3) is 6.10. The van der Waals surface area contributed by atoms with Gasteiger partial charge in [-0.2, -0.15) is 0 Å². The second kappa shape index (κ2) is 13.5. The number of hydrogen-bond donors (Lipinski definition) is 0. The lowest BCUT2D eigenvalue weighted by Gasteiger charge is -2.44. The van der Waals surface area contributed by atoms with Crippen LogP contribution in [0.5, 0.6) is 0 Å². The molecule has 0 N–H and O–H groups in total. The fraction of sp³-hybridized carbons (Fsp3) is 0.273. The number of para-hydroxylation sites is 2. The average molecular weight is 819 g/mol. The lowest BCUT2D eigenvalue weighted by Crippen LogP contribution is -2.62. The highest BCUT2D eigenvalue weighted by Gasteiger charge is 2.50. The molecule has 5 heteroatoms. The molecule has 2 aliphatic heterocycles. The van der Waals surface area contributed by atoms with Crippen LogP contribution >= 0.6 is 22.7 Å². The van der Waals surface area contributed by atoms with Gasteiger partial charge in [-0.15, -0.1) is 22.7 Å². The molecule has 0 aliphatic carbocycles. The first kappa shape index (κ1) is 39.1. The maximum absolute atomic E-state index is 2.64. The minimum absolute atomic E-state index is 0.0131. The molecule has 2 nitrogen and oxygen atoms in total. The number of nitrogens with zero attached hydrogens (tertiary/aromatic N) is 2. The van der Waals surface area contributed by atoms with Crippen molar-refractivity contribution in [2.75, 3.05) is 9.80 Å². The van der Waals surface area contributed by atoms with Crippen LogP contribution in [-0.2, 0) is 21.7 Å². The number of fused-ring (bicyclic) bond motifs is 8. The molecule has 0 atom stereocenters. The molecule has 0 saturated carbocycles. The van der Waals surface area contributed by atoms with E-state index in [1.165, 1.54) is 85.8 Å². The molecule has 8 aromatic rings. The van der Waals surface area contributed by atoms with Gasteiger partial charge in [0.25, 0.3) is 6.71 Å². The fourth-order valence-electron chi connectivity index (χ4n) is 9.80. The van der Waals surface area contributed by atoms with E-state index in [1.54, 1.807) is 0 Å². The minimum atomic E-state index is -0.283. The molecule has 10 rings (SSSR count). The molecule has 2 aromatic heterocycles. The zero-order chi connectivity index (χ0) is 42.1. The van der Waals surface area contributed by atoms with Crippen LogP contribution in [0.1, 0.15) is 104 Å². The molecule has 0 amide bonds. The average Bonchev–Trinajstić information content (AvgIpc) is 3.78. The monoisotopic (exact) mass is 818 g/mol. The summed E-state index contributed by atoms with van der Waals surface area (Å²) in [4.78, 5) is 5.10. The van der Waals surface area contributed by atoms with Gasteiger partial charge in [-0.25, -0.2) is 0 Å². The lowest BCUT2D eigenvalue weighted by molar-refractivity contribution is 0.590. The zero-order valence-electron chi connectivity index (χ0n) is 37.0. The van der Waals surface area contributed by atoms with Crippen molar-refractivity contribution >= 4 is 98.7 Å². The molecule has 300 valence electrons. The van der Waals surface area contributed by atoms with E-state index in [4.69, 9.17) is 0 Å². The van der Waals surface area contributed by atoms with Crippen molar-refractivity contribution in [3.8, 4) is 0 Å². The van der Waals surface area contributed by atoms with Crippen LogP contribution < -0.4 is 24.8 Å². The van der Waals surface area contributed by atoms with E-state index in [9.17, 15) is 0 Å². The van der Waals surface area contributed by atoms with Gasteiger partial charge in [-0.1, -0.05) is 137 Å². The summed E-state index contributed by atoms with van der Waals surface area (Å²) in [6.45, 7) is 26.1. The predicted octanol–water partition coefficient (Wildman–Crippen LogP) is 14.4. The molecule has 0 unspecified atom stereocenters. The van der Waals surface area contributed by atoms with E-state index >= 15 is 0 Å². The van der Waals surface area contributed by atoms with Gasteiger partial charge < -0.3 is 9.80 Å². The van der Waals surface area contributed by atoms with Crippen molar-refractivity contribution in [3.63, 3.8) is 0 Å². The predicted molar refractivity (Wildman–Crippen MR) is 266 cm³/mol. The van der Waals surface area contributed by atoms with E-state index in [-0.39, 0.29) is 28.4 Å². The van der Waals surface area contributed by atoms with Gasteiger partial charge in [-0.3, -0.25) is 0 Å². The highest BCUT2D eigenvalue weighted by Crippen LogP contribution is 2.52. The molecule has 0 radical (unpaired) electrons. The van der Waals surface area contributed by atoms with Crippen LogP contribution in [0.4, 0.5) is 34.1 Å². The van der Waals surface area contributed by atoms with Crippen molar-refractivity contribution in [2.45, 2.75) is 97.8 Å². The van der Waals surface area contributed by atoms with Gasteiger partial charge in [0.1, 0.15) is 0 Å². The molecule has 0 fully saturated rings. The van der Waals surface area contributed by atoms with Crippen LogP contribution in [0, 0.1) is 0 Å². The standard InChI is InChI=1S/C55H55BN2S2/c1-52(2,3)34-22-26-39(27-23-34)58-44-33-40(57(37-18-14-12-15-19-37)38-20-16-13-17-21-38)32-43-48(44)56(51-49(58)42-31-36(54(7,8)9)25-29-46(42)60-51)50-47(55(43,10)11)41-30-35(53(4,5)6)24-28-45(41)59-50/h12-33H,1-11H3. The number of benzene rings is 6. The molecular weight excluding hydrogens is 764 g/mol. The molecule has 2 aliphatic rings. The summed E-state index contributed by atoms with van der Waals surface area (Å²) in [5.74, 6) is 0. The Bertz CT molecular complexity index is 2910. The first-order valence-corrected chi connectivity index (χ1v) is 23.2. The second-order valence-corrected chi connectivity index (χ2v) is 22.9. The van der Waals surface area contributed by atoms with Crippen LogP contribution in [0.3, 0.4) is 0 Å². The summed E-state index contributed by atoms with van der Waals surface area (Å²) in [6.07, 6.45) is 0. The topological polar surface area (TPSA) is 6.48 Å². The van der Waals surface area contributed by atoms with Crippen molar-refractivity contribution in [1.29, 1.82) is 0 Å². The van der Waals surface area contributed by atoms with Crippen LogP contribution in [0.15, 0.2) is 133 Å². The Kier molecular flexibility index (Phi) is 8.76. The minimum Gasteiger partial charge on any atom is -0.310 e. The van der Waals surface area contributed by atoms with E-state index in [2.05, 4.69) is 219 Å². The first-order chi connectivity index (χ1) is 28.4. The summed E-state index contributed by atoms with van der Waals surface area (Å²) in [6, 6.07) is 50.9. The summed E-state index contributed by atoms with van der Waals surface area (Å²) in [5, 5.41) is 2.75. The number of anilines is 6. The van der Waals surface area contributed by atoms with Gasteiger partial charge in [-0.05, 0) is 132 Å². The highest BCUT2D eigenvalue weighted by atomic mass is 32.1. The van der Waals surface area contributed by atoms with E-state index in [0.29, 0.717) is 0 Å². The summed E-state index contributed by atoms with van der Waals surface area (Å²) in [7, 11) is 0. The van der Waals surface area contributed by atoms with Crippen molar-refractivity contribution in [3.05, 3.63) is 161 Å². The molecule has 0 saturated heterocycles. The fourth-order valence-corrected chi connectivity index (χ4v) is 12.6. The molecular formula is C55H55BN2S2. The highest BCUT2D eigenvalue weighted by molar-refractivity contribution is 7.40. The first-order valence-electron chi connectivity index (χ1n) is 21.5. The van der Waals surface area contributed by atoms with Crippen molar-refractivity contribution in [1.82, 2.24) is 0 Å². The van der Waals surface area contributed by atoms with E-state index in [1.807, 2.05) is 22.7 Å². The second-order valence-electron chi connectivity index (χ2n) is 20.7. The third-order valence-electron chi connectivity index (χ3n) is 13.1. The van der Waals surface area contributed by atoms with Gasteiger partial charge in [0, 0.05) is 53.4 Å². The maximum Gasteiger partial charge on any atom is 0.272 e. The number of rotatable bonds is 4. The largest absolute Gasteiger partial charge is 0.310 e. The Hall–Kier alpha value is -5.10. The van der Waals surface area contributed by atoms with Crippen molar-refractivity contribution < 1.29 is 0 Å². The van der Waals surface area contributed by atoms with Crippen LogP contribution in [0.2, 0.25) is 0 Å². The maximum atomic E-state index is 2.64. The van der Waals surface area contributed by atoms with Crippen molar-refractivity contribution in [2.24, 2.45) is 0 Å². The normalized spacial score (nSPS) is 14.7. The van der Waals surface area contributed by atoms with Gasteiger partial charge in [0.15, 0.2) is 0 Å². The molecule has 0 spiro atoms. The summed E-state index contributed by atoms with van der Waals surface area (Å²) < 4.78 is 5.66. The molecule has 0 bridgehead atoms. The van der Waals surface area contributed by atoms with Gasteiger partial charge in [0.2, 0.25) is 0 Å². The Balaban J connectivity index is 1.36. The summed E-state index contributed by atoms with van der Waals surface area (Å²) >= 11 is 4.03. The van der Waals surface area contributed by atoms with Crippen LogP contribution in [0.25, 0.3) is 20.2 Å². The quantitative estimate of drug-likeness (QED) is 0.163. The Labute approximate surface area is 365 Å². The molecule has 6 aromatic carbocycles. The lowest BCUT2D eigenvalue weighted by atomic mass is 9.35. The molecule has 4 heterocycles. The van der Waals surface area contributed by atoms with Crippen LogP contribution in [-0.4, -0.2) is 6.71 Å². The number of hydrogen-bond acceptors (Lipinski definition) is 4. The van der Waals surface area contributed by atoms with E-state index < -0.39 is 0 Å².